The molecule has 4 heteroatoms. The summed E-state index contributed by atoms with van der Waals surface area (Å²) >= 11 is 2.05. The number of fused-ring (bicyclic) bond motifs is 2. The van der Waals surface area contributed by atoms with Crippen LogP contribution in [0.5, 0.6) is 0 Å². The van der Waals surface area contributed by atoms with Crippen molar-refractivity contribution in [1.82, 2.24) is 10.6 Å². The first-order chi connectivity index (χ1) is 8.76. The molecular weight excluding hydrogens is 244 g/mol. The lowest BCUT2D eigenvalue weighted by Gasteiger charge is -2.22. The van der Waals surface area contributed by atoms with Gasteiger partial charge in [-0.15, -0.1) is 0 Å². The van der Waals surface area contributed by atoms with Gasteiger partial charge in [0.25, 0.3) is 0 Å². The topological polar surface area (TPSA) is 41.1 Å². The minimum absolute atomic E-state index is 0.252. The van der Waals surface area contributed by atoms with Crippen LogP contribution in [-0.4, -0.2) is 35.0 Å². The Morgan fingerprint density at radius 3 is 2.83 bits per heavy atom. The first-order valence-electron chi connectivity index (χ1n) is 7.44. The van der Waals surface area contributed by atoms with Crippen LogP contribution in [0.25, 0.3) is 0 Å². The molecule has 0 aromatic rings. The SMILES string of the molecule is CCSC1CCC(NC(=O)C2CC3CCC2N3)C1. The third kappa shape index (κ3) is 2.55. The van der Waals surface area contributed by atoms with Crippen molar-refractivity contribution in [1.29, 1.82) is 0 Å². The Labute approximate surface area is 114 Å². The van der Waals surface area contributed by atoms with Crippen LogP contribution in [0.3, 0.4) is 0 Å². The lowest BCUT2D eigenvalue weighted by molar-refractivity contribution is -0.126. The number of rotatable bonds is 4. The molecule has 5 unspecified atom stereocenters. The van der Waals surface area contributed by atoms with E-state index in [1.54, 1.807) is 0 Å². The van der Waals surface area contributed by atoms with Crippen LogP contribution in [0.4, 0.5) is 0 Å². The van der Waals surface area contributed by atoms with Gasteiger partial charge in [0.1, 0.15) is 0 Å². The Kier molecular flexibility index (Phi) is 3.85. The summed E-state index contributed by atoms with van der Waals surface area (Å²) in [7, 11) is 0. The summed E-state index contributed by atoms with van der Waals surface area (Å²) in [6.07, 6.45) is 7.17. The maximum absolute atomic E-state index is 12.3. The van der Waals surface area contributed by atoms with Crippen molar-refractivity contribution in [2.45, 2.75) is 68.8 Å². The zero-order valence-electron chi connectivity index (χ0n) is 11.2. The molecule has 1 aliphatic carbocycles. The molecule has 2 saturated heterocycles. The van der Waals surface area contributed by atoms with Crippen LogP contribution in [0.15, 0.2) is 0 Å². The van der Waals surface area contributed by atoms with E-state index < -0.39 is 0 Å². The van der Waals surface area contributed by atoms with E-state index in [1.807, 2.05) is 0 Å². The molecule has 0 aromatic carbocycles. The van der Waals surface area contributed by atoms with Gasteiger partial charge in [-0.2, -0.15) is 11.8 Å². The van der Waals surface area contributed by atoms with Crippen LogP contribution in [0.1, 0.15) is 45.4 Å². The second kappa shape index (κ2) is 5.41. The minimum Gasteiger partial charge on any atom is -0.353 e. The molecule has 2 aliphatic heterocycles. The predicted molar refractivity (Wildman–Crippen MR) is 75.8 cm³/mol. The molecule has 3 fully saturated rings. The zero-order valence-corrected chi connectivity index (χ0v) is 12.0. The molecule has 1 amide bonds. The van der Waals surface area contributed by atoms with E-state index in [0.717, 1.165) is 11.7 Å². The normalized spacial score (nSPS) is 42.4. The fraction of sp³-hybridized carbons (Fsp3) is 0.929. The van der Waals surface area contributed by atoms with Gasteiger partial charge >= 0.3 is 0 Å². The summed E-state index contributed by atoms with van der Waals surface area (Å²) in [4.78, 5) is 12.3. The molecule has 0 radical (unpaired) electrons. The molecule has 0 spiro atoms. The first-order valence-corrected chi connectivity index (χ1v) is 8.49. The molecule has 2 bridgehead atoms. The summed E-state index contributed by atoms with van der Waals surface area (Å²) in [5.41, 5.74) is 0. The molecule has 3 aliphatic rings. The molecule has 5 atom stereocenters. The number of carbonyl (C=O) groups is 1. The smallest absolute Gasteiger partial charge is 0.224 e. The third-order valence-corrected chi connectivity index (χ3v) is 6.00. The lowest BCUT2D eigenvalue weighted by atomic mass is 9.88. The molecule has 18 heavy (non-hydrogen) atoms. The largest absolute Gasteiger partial charge is 0.353 e. The molecule has 3 rings (SSSR count). The average Bonchev–Trinajstić information content (AvgIpc) is 3.05. The van der Waals surface area contributed by atoms with E-state index >= 15 is 0 Å². The number of amides is 1. The van der Waals surface area contributed by atoms with Gasteiger partial charge in [-0.25, -0.2) is 0 Å². The molecule has 102 valence electrons. The minimum atomic E-state index is 0.252. The highest BCUT2D eigenvalue weighted by Crippen LogP contribution is 2.34. The van der Waals surface area contributed by atoms with E-state index in [9.17, 15) is 4.79 Å². The molecule has 0 aromatic heterocycles. The van der Waals surface area contributed by atoms with Gasteiger partial charge < -0.3 is 10.6 Å². The van der Waals surface area contributed by atoms with E-state index in [2.05, 4.69) is 29.3 Å². The molecule has 2 N–H and O–H groups in total. The number of thioether (sulfide) groups is 1. The van der Waals surface area contributed by atoms with Gasteiger partial charge in [-0.1, -0.05) is 6.92 Å². The second-order valence-electron chi connectivity index (χ2n) is 5.99. The van der Waals surface area contributed by atoms with Gasteiger partial charge in [-0.05, 0) is 44.3 Å². The van der Waals surface area contributed by atoms with Crippen LogP contribution < -0.4 is 10.6 Å². The lowest BCUT2D eigenvalue weighted by Crippen LogP contribution is -2.41. The summed E-state index contributed by atoms with van der Waals surface area (Å²) in [6.45, 7) is 2.22. The highest BCUT2D eigenvalue weighted by Gasteiger charge is 2.43. The Bertz CT molecular complexity index is 323. The highest BCUT2D eigenvalue weighted by atomic mass is 32.2. The van der Waals surface area contributed by atoms with E-state index in [4.69, 9.17) is 0 Å². The first kappa shape index (κ1) is 12.8. The number of nitrogens with one attached hydrogen (secondary N) is 2. The Hall–Kier alpha value is -0.220. The van der Waals surface area contributed by atoms with Crippen molar-refractivity contribution in [3.63, 3.8) is 0 Å². The van der Waals surface area contributed by atoms with Gasteiger partial charge in [0.2, 0.25) is 5.91 Å². The third-order valence-electron chi connectivity index (χ3n) is 4.77. The van der Waals surface area contributed by atoms with Crippen molar-refractivity contribution in [2.24, 2.45) is 5.92 Å². The van der Waals surface area contributed by atoms with E-state index in [0.29, 0.717) is 24.0 Å². The highest BCUT2D eigenvalue weighted by molar-refractivity contribution is 7.99. The molecule has 2 heterocycles. The quantitative estimate of drug-likeness (QED) is 0.818. The molecule has 3 nitrogen and oxygen atoms in total. The van der Waals surface area contributed by atoms with Crippen LogP contribution >= 0.6 is 11.8 Å². The van der Waals surface area contributed by atoms with Crippen LogP contribution in [0, 0.1) is 5.92 Å². The van der Waals surface area contributed by atoms with Crippen molar-refractivity contribution in [2.75, 3.05) is 5.75 Å². The van der Waals surface area contributed by atoms with Gasteiger partial charge in [0.05, 0.1) is 5.92 Å². The van der Waals surface area contributed by atoms with Gasteiger partial charge in [0.15, 0.2) is 0 Å². The number of hydrogen-bond acceptors (Lipinski definition) is 3. The summed E-state index contributed by atoms with van der Waals surface area (Å²) in [5.74, 6) is 1.77. The van der Waals surface area contributed by atoms with Crippen molar-refractivity contribution >= 4 is 17.7 Å². The summed E-state index contributed by atoms with van der Waals surface area (Å²) in [5, 5.41) is 7.63. The van der Waals surface area contributed by atoms with Crippen LogP contribution in [-0.2, 0) is 4.79 Å². The van der Waals surface area contributed by atoms with E-state index in [1.165, 1.54) is 37.9 Å². The fourth-order valence-corrected chi connectivity index (χ4v) is 5.02. The second-order valence-corrected chi connectivity index (χ2v) is 7.56. The fourth-order valence-electron chi connectivity index (χ4n) is 3.88. The molecule has 1 saturated carbocycles. The van der Waals surface area contributed by atoms with Crippen molar-refractivity contribution < 1.29 is 4.79 Å². The van der Waals surface area contributed by atoms with Gasteiger partial charge in [0, 0.05) is 23.4 Å². The average molecular weight is 268 g/mol. The Morgan fingerprint density at radius 1 is 1.28 bits per heavy atom. The maximum Gasteiger partial charge on any atom is 0.224 e. The monoisotopic (exact) mass is 268 g/mol. The van der Waals surface area contributed by atoms with Crippen molar-refractivity contribution in [3.8, 4) is 0 Å². The summed E-state index contributed by atoms with van der Waals surface area (Å²) < 4.78 is 0. The maximum atomic E-state index is 12.3. The predicted octanol–water partition coefficient (Wildman–Crippen LogP) is 1.92. The standard InChI is InChI=1S/C14H24N2OS/c1-2-18-11-5-3-9(7-11)16-14(17)12-8-10-4-6-13(12)15-10/h9-13,15H,2-8H2,1H3,(H,16,17). The van der Waals surface area contributed by atoms with Crippen molar-refractivity contribution in [3.05, 3.63) is 0 Å². The van der Waals surface area contributed by atoms with Crippen LogP contribution in [0.2, 0.25) is 0 Å². The van der Waals surface area contributed by atoms with E-state index in [-0.39, 0.29) is 5.92 Å². The molecular formula is C14H24N2OS. The summed E-state index contributed by atoms with van der Waals surface area (Å²) in [6, 6.07) is 1.54. The number of hydrogen-bond donors (Lipinski definition) is 2. The Morgan fingerprint density at radius 2 is 2.17 bits per heavy atom. The Balaban J connectivity index is 1.47. The number of carbonyl (C=O) groups excluding carboxylic acids is 1. The van der Waals surface area contributed by atoms with Gasteiger partial charge in [-0.3, -0.25) is 4.79 Å². The zero-order chi connectivity index (χ0) is 12.5.